The van der Waals surface area contributed by atoms with Gasteiger partial charge in [0.2, 0.25) is 0 Å². The molecule has 10 heteroatoms. The topological polar surface area (TPSA) is 146 Å². The number of fused-ring (bicyclic) bond motifs is 1. The Morgan fingerprint density at radius 1 is 1.33 bits per heavy atom. The van der Waals surface area contributed by atoms with Gasteiger partial charge in [0.1, 0.15) is 23.0 Å². The van der Waals surface area contributed by atoms with E-state index in [-0.39, 0.29) is 5.70 Å². The molecule has 1 fully saturated rings. The molecule has 146 valence electrons. The summed E-state index contributed by atoms with van der Waals surface area (Å²) in [6.07, 6.45) is 2.42. The second-order valence-electron chi connectivity index (χ2n) is 7.01. The molecular formula is C17H23BN2O6S. The predicted octanol–water partition coefficient (Wildman–Crippen LogP) is 0.704. The summed E-state index contributed by atoms with van der Waals surface area (Å²) < 4.78 is 6.94. The maximum absolute atomic E-state index is 11.0. The molecule has 0 saturated heterocycles. The van der Waals surface area contributed by atoms with Crippen molar-refractivity contribution in [3.05, 3.63) is 28.9 Å². The van der Waals surface area contributed by atoms with Crippen LogP contribution in [0.15, 0.2) is 23.9 Å². The van der Waals surface area contributed by atoms with Gasteiger partial charge in [-0.15, -0.1) is 11.3 Å². The van der Waals surface area contributed by atoms with E-state index in [1.54, 1.807) is 44.1 Å². The average molecular weight is 394 g/mol. The Labute approximate surface area is 161 Å². The number of hydrogen-bond donors (Lipinski definition) is 5. The van der Waals surface area contributed by atoms with E-state index >= 15 is 0 Å². The zero-order chi connectivity index (χ0) is 20.4. The van der Waals surface area contributed by atoms with Crippen molar-refractivity contribution < 1.29 is 29.7 Å². The highest BCUT2D eigenvalue weighted by molar-refractivity contribution is 7.18. The Balaban J connectivity index is 0.000000596. The second kappa shape index (κ2) is 7.98. The van der Waals surface area contributed by atoms with E-state index in [1.807, 2.05) is 12.1 Å². The molecule has 1 aromatic carbocycles. The van der Waals surface area contributed by atoms with Crippen LogP contribution in [0, 0.1) is 0 Å². The smallest absolute Gasteiger partial charge is 0.477 e. The Morgan fingerprint density at radius 3 is 2.41 bits per heavy atom. The number of thiazole rings is 1. The van der Waals surface area contributed by atoms with Crippen molar-refractivity contribution in [2.75, 3.05) is 0 Å². The van der Waals surface area contributed by atoms with E-state index in [0.717, 1.165) is 15.2 Å². The molecule has 8 nitrogen and oxygen atoms in total. The molecule has 0 aliphatic heterocycles. The molecular weight excluding hydrogens is 371 g/mol. The zero-order valence-electron chi connectivity index (χ0n) is 15.3. The van der Waals surface area contributed by atoms with Crippen molar-refractivity contribution in [3.63, 3.8) is 0 Å². The van der Waals surface area contributed by atoms with Crippen LogP contribution in [0.5, 0.6) is 5.75 Å². The highest BCUT2D eigenvalue weighted by Crippen LogP contribution is 2.44. The highest BCUT2D eigenvalue weighted by atomic mass is 32.1. The largest absolute Gasteiger partial charge is 0.631 e. The van der Waals surface area contributed by atoms with Crippen molar-refractivity contribution in [1.82, 2.24) is 4.98 Å². The third-order valence-electron chi connectivity index (χ3n) is 4.42. The summed E-state index contributed by atoms with van der Waals surface area (Å²) in [7, 11) is -2.17. The average Bonchev–Trinajstić information content (AvgIpc) is 3.32. The minimum atomic E-state index is -2.17. The summed E-state index contributed by atoms with van der Waals surface area (Å²) in [5.74, 6) is 2.78. The first kappa shape index (κ1) is 21.4. The van der Waals surface area contributed by atoms with Gasteiger partial charge in [-0.3, -0.25) is 0 Å². The summed E-state index contributed by atoms with van der Waals surface area (Å²) >= 11 is 1.66. The molecule has 27 heavy (non-hydrogen) atoms. The number of benzene rings is 1. The molecule has 0 radical (unpaired) electrons. The van der Waals surface area contributed by atoms with E-state index < -0.39 is 18.5 Å². The maximum atomic E-state index is 11.0. The quantitative estimate of drug-likeness (QED) is 0.368. The number of ether oxygens (including phenoxy) is 1. The minimum Gasteiger partial charge on any atom is -0.477 e. The normalized spacial score (nSPS) is 16.0. The lowest BCUT2D eigenvalue weighted by molar-refractivity contribution is -0.0791. The van der Waals surface area contributed by atoms with E-state index in [1.165, 1.54) is 12.8 Å². The molecule has 1 aliphatic rings. The fourth-order valence-corrected chi connectivity index (χ4v) is 3.50. The van der Waals surface area contributed by atoms with Crippen molar-refractivity contribution >= 4 is 34.8 Å². The van der Waals surface area contributed by atoms with Crippen LogP contribution in [0.3, 0.4) is 0 Å². The minimum absolute atomic E-state index is 0.173. The van der Waals surface area contributed by atoms with Gasteiger partial charge in [0.15, 0.2) is 5.60 Å². The van der Waals surface area contributed by atoms with Crippen LogP contribution < -0.4 is 10.5 Å². The Morgan fingerprint density at radius 2 is 1.93 bits per heavy atom. The SMILES string of the molecule is CC(C)(O)C(C)(Oc1ccc2nc(C3CC3)sc2c1)C(N)=C=O.OB(O)O. The summed E-state index contributed by atoms with van der Waals surface area (Å²) in [6, 6.07) is 5.54. The number of nitrogens with zero attached hydrogens (tertiary/aromatic N) is 1. The maximum Gasteiger partial charge on any atom is 0.631 e. The summed E-state index contributed by atoms with van der Waals surface area (Å²) in [5.41, 5.74) is 3.79. The van der Waals surface area contributed by atoms with E-state index in [4.69, 9.17) is 25.5 Å². The molecule has 6 N–H and O–H groups in total. The fourth-order valence-electron chi connectivity index (χ4n) is 2.33. The van der Waals surface area contributed by atoms with Gasteiger partial charge in [-0.25, -0.2) is 9.78 Å². The molecule has 3 rings (SSSR count). The van der Waals surface area contributed by atoms with Crippen molar-refractivity contribution in [1.29, 1.82) is 0 Å². The van der Waals surface area contributed by atoms with E-state index in [0.29, 0.717) is 11.7 Å². The van der Waals surface area contributed by atoms with Crippen LogP contribution in [0.4, 0.5) is 0 Å². The predicted molar refractivity (Wildman–Crippen MR) is 103 cm³/mol. The first-order chi connectivity index (χ1) is 12.5. The standard InChI is InChI=1S/C17H20N2O3S.BH3O3/c1-16(2,21)17(3,14(18)9-20)22-11-6-7-12-13(8-11)23-15(19-12)10-4-5-10;2-1(3)4/h6-8,10,21H,4-5,18H2,1-3H3;2-4H. The van der Waals surface area contributed by atoms with Crippen LogP contribution in [-0.4, -0.2) is 49.6 Å². The van der Waals surface area contributed by atoms with Gasteiger partial charge in [0, 0.05) is 5.92 Å². The molecule has 1 unspecified atom stereocenters. The van der Waals surface area contributed by atoms with Gasteiger partial charge in [-0.1, -0.05) is 0 Å². The molecule has 1 aromatic heterocycles. The van der Waals surface area contributed by atoms with Crippen molar-refractivity contribution in [2.24, 2.45) is 5.73 Å². The monoisotopic (exact) mass is 394 g/mol. The van der Waals surface area contributed by atoms with Gasteiger partial charge >= 0.3 is 7.32 Å². The van der Waals surface area contributed by atoms with Crippen LogP contribution >= 0.6 is 11.3 Å². The molecule has 1 heterocycles. The lowest BCUT2D eigenvalue weighted by Crippen LogP contribution is -2.55. The van der Waals surface area contributed by atoms with Crippen LogP contribution in [0.25, 0.3) is 10.2 Å². The summed E-state index contributed by atoms with van der Waals surface area (Å²) in [5, 5.41) is 33.0. The zero-order valence-corrected chi connectivity index (χ0v) is 16.2. The van der Waals surface area contributed by atoms with E-state index in [2.05, 4.69) is 4.98 Å². The molecule has 1 saturated carbocycles. The molecule has 1 aliphatic carbocycles. The van der Waals surface area contributed by atoms with Crippen LogP contribution in [0.2, 0.25) is 0 Å². The number of nitrogens with two attached hydrogens (primary N) is 1. The highest BCUT2D eigenvalue weighted by Gasteiger charge is 2.45. The van der Waals surface area contributed by atoms with Crippen molar-refractivity contribution in [2.45, 2.75) is 50.7 Å². The van der Waals surface area contributed by atoms with Crippen LogP contribution in [0.1, 0.15) is 44.5 Å². The Hall–Kier alpha value is -1.94. The molecule has 1 atom stereocenters. The summed E-state index contributed by atoms with van der Waals surface area (Å²) in [6.45, 7) is 4.68. The Kier molecular flexibility index (Phi) is 6.31. The van der Waals surface area contributed by atoms with Gasteiger partial charge in [-0.2, -0.15) is 0 Å². The first-order valence-electron chi connectivity index (χ1n) is 8.35. The molecule has 0 spiro atoms. The number of aromatic nitrogens is 1. The molecule has 2 aromatic rings. The van der Waals surface area contributed by atoms with Crippen LogP contribution in [-0.2, 0) is 4.79 Å². The van der Waals surface area contributed by atoms with E-state index in [9.17, 15) is 9.90 Å². The molecule has 0 bridgehead atoms. The third-order valence-corrected chi connectivity index (χ3v) is 5.60. The molecule has 0 amide bonds. The van der Waals surface area contributed by atoms with Crippen molar-refractivity contribution in [3.8, 4) is 5.75 Å². The number of carbonyl (C=O) groups excluding carboxylic acids is 1. The number of rotatable bonds is 5. The summed E-state index contributed by atoms with van der Waals surface area (Å²) in [4.78, 5) is 15.6. The number of aliphatic hydroxyl groups is 1. The fraction of sp³-hybridized carbons (Fsp3) is 0.471. The van der Waals surface area contributed by atoms with Gasteiger partial charge < -0.3 is 30.6 Å². The van der Waals surface area contributed by atoms with Gasteiger partial charge in [-0.05, 0) is 51.8 Å². The lowest BCUT2D eigenvalue weighted by atomic mass is 9.85. The Bertz CT molecular complexity index is 852. The second-order valence-corrected chi connectivity index (χ2v) is 8.07. The first-order valence-corrected chi connectivity index (χ1v) is 9.16. The van der Waals surface area contributed by atoms with Gasteiger partial charge in [0.05, 0.1) is 15.2 Å². The third kappa shape index (κ3) is 5.07. The lowest BCUT2D eigenvalue weighted by Gasteiger charge is -2.39. The van der Waals surface area contributed by atoms with Gasteiger partial charge in [0.25, 0.3) is 0 Å². The number of hydrogen-bond acceptors (Lipinski definition) is 9.